The lowest BCUT2D eigenvalue weighted by atomic mass is 10.2. The van der Waals surface area contributed by atoms with Crippen molar-refractivity contribution < 1.29 is 0 Å². The van der Waals surface area contributed by atoms with E-state index in [1.54, 1.807) is 18.3 Å². The van der Waals surface area contributed by atoms with E-state index in [9.17, 15) is 0 Å². The number of aromatic nitrogens is 3. The van der Waals surface area contributed by atoms with Crippen LogP contribution in [0.3, 0.4) is 0 Å². The van der Waals surface area contributed by atoms with Gasteiger partial charge in [-0.3, -0.25) is 5.10 Å². The first-order valence-corrected chi connectivity index (χ1v) is 3.77. The van der Waals surface area contributed by atoms with Crippen molar-refractivity contribution in [3.05, 3.63) is 35.7 Å². The van der Waals surface area contributed by atoms with Crippen molar-refractivity contribution in [3.8, 4) is 11.3 Å². The molecule has 2 heterocycles. The van der Waals surface area contributed by atoms with Crippen LogP contribution in [0.1, 0.15) is 0 Å². The smallest absolute Gasteiger partial charge is 0.129 e. The zero-order valence-electron chi connectivity index (χ0n) is 6.08. The number of hydrogen-bond donors (Lipinski definition) is 1. The number of hydrogen-bond acceptors (Lipinski definition) is 2. The molecule has 0 bridgehead atoms. The fourth-order valence-corrected chi connectivity index (χ4v) is 1.11. The highest BCUT2D eigenvalue weighted by Crippen LogP contribution is 2.17. The second kappa shape index (κ2) is 2.95. The predicted molar refractivity (Wildman–Crippen MR) is 45.7 cm³/mol. The van der Waals surface area contributed by atoms with E-state index in [2.05, 4.69) is 21.4 Å². The highest BCUT2D eigenvalue weighted by molar-refractivity contribution is 6.29. The van der Waals surface area contributed by atoms with Gasteiger partial charge in [0, 0.05) is 11.8 Å². The van der Waals surface area contributed by atoms with E-state index in [0.29, 0.717) is 5.15 Å². The maximum absolute atomic E-state index is 5.70. The summed E-state index contributed by atoms with van der Waals surface area (Å²) >= 11 is 5.70. The van der Waals surface area contributed by atoms with Crippen LogP contribution in [0, 0.1) is 6.20 Å². The van der Waals surface area contributed by atoms with Crippen LogP contribution in [0.25, 0.3) is 11.3 Å². The molecule has 1 radical (unpaired) electrons. The first kappa shape index (κ1) is 7.31. The van der Waals surface area contributed by atoms with Crippen molar-refractivity contribution in [2.45, 2.75) is 0 Å². The molecule has 0 unspecified atom stereocenters. The molecular weight excluding hydrogens is 174 g/mol. The molecule has 0 aliphatic heterocycles. The van der Waals surface area contributed by atoms with Gasteiger partial charge >= 0.3 is 0 Å². The number of halogens is 1. The lowest BCUT2D eigenvalue weighted by Gasteiger charge is -1.94. The minimum atomic E-state index is 0.468. The van der Waals surface area contributed by atoms with E-state index in [0.717, 1.165) is 11.3 Å². The van der Waals surface area contributed by atoms with E-state index >= 15 is 0 Å². The Bertz CT molecular complexity index is 370. The molecule has 0 atom stereocenters. The average Bonchev–Trinajstić information content (AvgIpc) is 2.56. The van der Waals surface area contributed by atoms with Gasteiger partial charge in [0.1, 0.15) is 5.15 Å². The van der Waals surface area contributed by atoms with Crippen LogP contribution < -0.4 is 0 Å². The molecule has 2 aromatic heterocycles. The maximum atomic E-state index is 5.70. The van der Waals surface area contributed by atoms with Crippen molar-refractivity contribution in [2.24, 2.45) is 0 Å². The maximum Gasteiger partial charge on any atom is 0.129 e. The molecule has 0 saturated heterocycles. The van der Waals surface area contributed by atoms with E-state index in [4.69, 9.17) is 11.6 Å². The summed E-state index contributed by atoms with van der Waals surface area (Å²) < 4.78 is 0. The molecular formula is C8H5ClN3. The van der Waals surface area contributed by atoms with E-state index in [1.807, 2.05) is 6.07 Å². The van der Waals surface area contributed by atoms with Gasteiger partial charge in [-0.05, 0) is 18.2 Å². The number of nitrogens with one attached hydrogen (secondary N) is 1. The van der Waals surface area contributed by atoms with Gasteiger partial charge in [-0.2, -0.15) is 5.10 Å². The molecule has 12 heavy (non-hydrogen) atoms. The Morgan fingerprint density at radius 3 is 3.08 bits per heavy atom. The van der Waals surface area contributed by atoms with Crippen LogP contribution in [0.2, 0.25) is 5.15 Å². The molecule has 0 aromatic carbocycles. The van der Waals surface area contributed by atoms with Crippen molar-refractivity contribution in [1.82, 2.24) is 15.2 Å². The lowest BCUT2D eigenvalue weighted by molar-refractivity contribution is 1.09. The monoisotopic (exact) mass is 178 g/mol. The normalized spacial score (nSPS) is 10.1. The second-order valence-corrected chi connectivity index (χ2v) is 2.65. The molecule has 4 heteroatoms. The number of rotatable bonds is 1. The van der Waals surface area contributed by atoms with Gasteiger partial charge in [-0.25, -0.2) is 4.98 Å². The Kier molecular flexibility index (Phi) is 1.80. The third-order valence-corrected chi connectivity index (χ3v) is 1.68. The van der Waals surface area contributed by atoms with Crippen molar-refractivity contribution >= 4 is 11.6 Å². The van der Waals surface area contributed by atoms with Gasteiger partial charge in [-0.1, -0.05) is 11.6 Å². The average molecular weight is 179 g/mol. The highest BCUT2D eigenvalue weighted by Gasteiger charge is 1.99. The zero-order chi connectivity index (χ0) is 8.39. The van der Waals surface area contributed by atoms with Crippen LogP contribution in [0.4, 0.5) is 0 Å². The fourth-order valence-electron chi connectivity index (χ4n) is 0.935. The summed E-state index contributed by atoms with van der Waals surface area (Å²) in [5.41, 5.74) is 1.76. The van der Waals surface area contributed by atoms with Crippen LogP contribution in [-0.4, -0.2) is 15.2 Å². The molecule has 0 fully saturated rings. The molecule has 1 N–H and O–H groups in total. The Morgan fingerprint density at radius 2 is 2.42 bits per heavy atom. The summed E-state index contributed by atoms with van der Waals surface area (Å²) in [4.78, 5) is 3.87. The third kappa shape index (κ3) is 1.31. The van der Waals surface area contributed by atoms with Gasteiger partial charge in [0.2, 0.25) is 0 Å². The summed E-state index contributed by atoms with van der Waals surface area (Å²) in [5.74, 6) is 0. The number of aromatic amines is 1. The van der Waals surface area contributed by atoms with Crippen LogP contribution in [0.15, 0.2) is 24.4 Å². The fraction of sp³-hybridized carbons (Fsp3) is 0. The minimum Gasteiger partial charge on any atom is -0.276 e. The standard InChI is InChI=1S/C8H5ClN3/c9-8-5-6(1-3-10-8)7-2-4-11-12-7/h1-3,5H,(H,11,12). The minimum absolute atomic E-state index is 0.468. The molecule has 0 amide bonds. The van der Waals surface area contributed by atoms with E-state index < -0.39 is 0 Å². The molecule has 3 nitrogen and oxygen atoms in total. The third-order valence-electron chi connectivity index (χ3n) is 1.47. The Morgan fingerprint density at radius 1 is 1.50 bits per heavy atom. The quantitative estimate of drug-likeness (QED) is 0.678. The Hall–Kier alpha value is -1.35. The van der Waals surface area contributed by atoms with E-state index in [-0.39, 0.29) is 0 Å². The summed E-state index contributed by atoms with van der Waals surface area (Å²) in [6.07, 6.45) is 4.39. The highest BCUT2D eigenvalue weighted by atomic mass is 35.5. The van der Waals surface area contributed by atoms with Gasteiger partial charge in [0.25, 0.3) is 0 Å². The molecule has 0 aliphatic carbocycles. The summed E-state index contributed by atoms with van der Waals surface area (Å²) in [7, 11) is 0. The second-order valence-electron chi connectivity index (χ2n) is 2.26. The summed E-state index contributed by atoms with van der Waals surface area (Å²) in [6, 6.07) is 5.35. The van der Waals surface area contributed by atoms with E-state index in [1.165, 1.54) is 0 Å². The molecule has 2 rings (SSSR count). The zero-order valence-corrected chi connectivity index (χ0v) is 6.84. The number of nitrogens with zero attached hydrogens (tertiary/aromatic N) is 2. The number of H-pyrrole nitrogens is 1. The van der Waals surface area contributed by atoms with Crippen molar-refractivity contribution in [1.29, 1.82) is 0 Å². The van der Waals surface area contributed by atoms with Gasteiger partial charge in [0.15, 0.2) is 0 Å². The van der Waals surface area contributed by atoms with Crippen molar-refractivity contribution in [2.75, 3.05) is 0 Å². The van der Waals surface area contributed by atoms with Crippen molar-refractivity contribution in [3.63, 3.8) is 0 Å². The van der Waals surface area contributed by atoms with Gasteiger partial charge < -0.3 is 0 Å². The van der Waals surface area contributed by atoms with Crippen LogP contribution >= 0.6 is 11.6 Å². The molecule has 0 aliphatic rings. The Balaban J connectivity index is 2.48. The summed E-state index contributed by atoms with van der Waals surface area (Å²) in [5, 5.41) is 7.04. The summed E-state index contributed by atoms with van der Waals surface area (Å²) in [6.45, 7) is 0. The first-order valence-electron chi connectivity index (χ1n) is 3.39. The van der Waals surface area contributed by atoms with Gasteiger partial charge in [-0.15, -0.1) is 0 Å². The molecule has 59 valence electrons. The van der Waals surface area contributed by atoms with Crippen LogP contribution in [0.5, 0.6) is 0 Å². The molecule has 0 spiro atoms. The number of pyridine rings is 1. The first-order chi connectivity index (χ1) is 5.86. The van der Waals surface area contributed by atoms with Gasteiger partial charge in [0.05, 0.1) is 11.9 Å². The SMILES string of the molecule is Clc1cc(-c2c[c][nH]n2)ccn1. The predicted octanol–water partition coefficient (Wildman–Crippen LogP) is 1.93. The largest absolute Gasteiger partial charge is 0.276 e. The van der Waals surface area contributed by atoms with Crippen LogP contribution in [-0.2, 0) is 0 Å². The topological polar surface area (TPSA) is 41.6 Å². The lowest BCUT2D eigenvalue weighted by Crippen LogP contribution is -1.79. The Labute approximate surface area is 74.4 Å². The molecule has 0 saturated carbocycles. The molecule has 2 aromatic rings.